The van der Waals surface area contributed by atoms with E-state index in [4.69, 9.17) is 4.42 Å². The molecule has 0 fully saturated rings. The topological polar surface area (TPSA) is 91.8 Å². The number of carbonyl (C=O) groups excluding carboxylic acids is 1. The lowest BCUT2D eigenvalue weighted by atomic mass is 10.1. The first-order valence-electron chi connectivity index (χ1n) is 8.22. The molecule has 2 amide bonds. The molecule has 3 aromatic heterocycles. The van der Waals surface area contributed by atoms with Gasteiger partial charge >= 0.3 is 6.03 Å². The van der Waals surface area contributed by atoms with E-state index in [1.165, 1.54) is 6.26 Å². The van der Waals surface area contributed by atoms with Gasteiger partial charge in [0.15, 0.2) is 0 Å². The molecule has 0 saturated heterocycles. The van der Waals surface area contributed by atoms with Crippen molar-refractivity contribution in [1.29, 1.82) is 0 Å². The van der Waals surface area contributed by atoms with Gasteiger partial charge in [-0.15, -0.1) is 0 Å². The van der Waals surface area contributed by atoms with Gasteiger partial charge in [0.05, 0.1) is 18.5 Å². The summed E-state index contributed by atoms with van der Waals surface area (Å²) in [5.74, 6) is 0.495. The Morgan fingerprint density at radius 1 is 1.36 bits per heavy atom. The number of aliphatic hydroxyl groups is 1. The molecular formula is C18H22N4O3. The Balaban J connectivity index is 1.49. The number of furan rings is 1. The third kappa shape index (κ3) is 4.19. The first-order chi connectivity index (χ1) is 12.0. The molecule has 0 unspecified atom stereocenters. The van der Waals surface area contributed by atoms with E-state index >= 15 is 0 Å². The Labute approximate surface area is 145 Å². The van der Waals surface area contributed by atoms with Crippen molar-refractivity contribution in [2.45, 2.75) is 39.0 Å². The number of carbonyl (C=O) groups is 1. The van der Waals surface area contributed by atoms with Crippen LogP contribution in [0.25, 0.3) is 5.65 Å². The summed E-state index contributed by atoms with van der Waals surface area (Å²) in [5.41, 5.74) is 2.72. The fourth-order valence-electron chi connectivity index (χ4n) is 2.72. The van der Waals surface area contributed by atoms with Crippen LogP contribution in [0.2, 0.25) is 0 Å². The summed E-state index contributed by atoms with van der Waals surface area (Å²) < 4.78 is 7.14. The van der Waals surface area contributed by atoms with E-state index in [0.29, 0.717) is 18.7 Å². The summed E-state index contributed by atoms with van der Waals surface area (Å²) in [7, 11) is 0. The molecular weight excluding hydrogens is 320 g/mol. The Morgan fingerprint density at radius 3 is 2.92 bits per heavy atom. The van der Waals surface area contributed by atoms with Gasteiger partial charge in [-0.25, -0.2) is 9.78 Å². The molecule has 0 saturated carbocycles. The molecule has 3 N–H and O–H groups in total. The minimum Gasteiger partial charge on any atom is -0.467 e. The summed E-state index contributed by atoms with van der Waals surface area (Å²) in [6.45, 7) is 4.17. The zero-order valence-electron chi connectivity index (χ0n) is 14.3. The SMILES string of the molecule is Cc1cccc2nc(CNC(=O)N[C@@H](C)C[C@H](O)c3ccco3)cn12. The van der Waals surface area contributed by atoms with Crippen molar-refractivity contribution in [3.8, 4) is 0 Å². The number of imidazole rings is 1. The zero-order chi connectivity index (χ0) is 17.8. The van der Waals surface area contributed by atoms with Gasteiger partial charge in [0.25, 0.3) is 0 Å². The number of aryl methyl sites for hydroxylation is 1. The molecule has 0 aromatic carbocycles. The van der Waals surface area contributed by atoms with Crippen molar-refractivity contribution >= 4 is 11.7 Å². The molecule has 3 rings (SSSR count). The molecule has 7 nitrogen and oxygen atoms in total. The first kappa shape index (κ1) is 17.0. The molecule has 25 heavy (non-hydrogen) atoms. The quantitative estimate of drug-likeness (QED) is 0.642. The van der Waals surface area contributed by atoms with Crippen LogP contribution >= 0.6 is 0 Å². The zero-order valence-corrected chi connectivity index (χ0v) is 14.3. The Hall–Kier alpha value is -2.80. The molecule has 0 bridgehead atoms. The van der Waals surface area contributed by atoms with E-state index in [-0.39, 0.29) is 12.1 Å². The molecule has 3 heterocycles. The maximum absolute atomic E-state index is 12.0. The predicted octanol–water partition coefficient (Wildman–Crippen LogP) is 2.55. The van der Waals surface area contributed by atoms with E-state index in [1.54, 1.807) is 12.1 Å². The normalized spacial score (nSPS) is 13.6. The van der Waals surface area contributed by atoms with Crippen molar-refractivity contribution < 1.29 is 14.3 Å². The first-order valence-corrected chi connectivity index (χ1v) is 8.22. The summed E-state index contributed by atoms with van der Waals surface area (Å²) in [6, 6.07) is 8.81. The van der Waals surface area contributed by atoms with Gasteiger partial charge in [-0.1, -0.05) is 6.07 Å². The maximum Gasteiger partial charge on any atom is 0.315 e. The second-order valence-electron chi connectivity index (χ2n) is 6.12. The highest BCUT2D eigenvalue weighted by molar-refractivity contribution is 5.74. The van der Waals surface area contributed by atoms with E-state index in [9.17, 15) is 9.90 Å². The van der Waals surface area contributed by atoms with Crippen molar-refractivity contribution in [1.82, 2.24) is 20.0 Å². The van der Waals surface area contributed by atoms with Gasteiger partial charge < -0.3 is 24.6 Å². The van der Waals surface area contributed by atoms with Crippen molar-refractivity contribution in [2.75, 3.05) is 0 Å². The summed E-state index contributed by atoms with van der Waals surface area (Å²) in [6.07, 6.45) is 3.05. The third-order valence-electron chi connectivity index (χ3n) is 4.00. The second kappa shape index (κ2) is 7.40. The molecule has 0 radical (unpaired) electrons. The van der Waals surface area contributed by atoms with Crippen LogP contribution in [0, 0.1) is 6.92 Å². The standard InChI is InChI=1S/C18H22N4O3/c1-12(9-15(23)16-6-4-8-25-16)20-18(24)19-10-14-11-22-13(2)5-3-7-17(22)21-14/h3-8,11-12,15,23H,9-10H2,1-2H3,(H2,19,20,24)/t12-,15-/m0/s1. The summed E-state index contributed by atoms with van der Waals surface area (Å²) in [5, 5.41) is 15.6. The minimum absolute atomic E-state index is 0.205. The Kier molecular flexibility index (Phi) is 5.04. The number of pyridine rings is 1. The monoisotopic (exact) mass is 342 g/mol. The number of nitrogens with zero attached hydrogens (tertiary/aromatic N) is 2. The van der Waals surface area contributed by atoms with Crippen LogP contribution in [0.3, 0.4) is 0 Å². The number of nitrogens with one attached hydrogen (secondary N) is 2. The molecule has 0 spiro atoms. The molecule has 3 aromatic rings. The molecule has 0 aliphatic rings. The average Bonchev–Trinajstić information content (AvgIpc) is 3.23. The number of amides is 2. The Bertz CT molecular complexity index is 841. The third-order valence-corrected chi connectivity index (χ3v) is 4.00. The highest BCUT2D eigenvalue weighted by Crippen LogP contribution is 2.18. The van der Waals surface area contributed by atoms with Gasteiger partial charge in [-0.05, 0) is 38.1 Å². The van der Waals surface area contributed by atoms with Gasteiger partial charge in [0, 0.05) is 24.4 Å². The van der Waals surface area contributed by atoms with Crippen LogP contribution in [0.4, 0.5) is 4.79 Å². The number of urea groups is 1. The van der Waals surface area contributed by atoms with Crippen molar-refractivity contribution in [2.24, 2.45) is 0 Å². The molecule has 7 heteroatoms. The maximum atomic E-state index is 12.0. The largest absolute Gasteiger partial charge is 0.467 e. The van der Waals surface area contributed by atoms with Gasteiger partial charge in [-0.3, -0.25) is 0 Å². The van der Waals surface area contributed by atoms with Crippen molar-refractivity contribution in [3.63, 3.8) is 0 Å². The lowest BCUT2D eigenvalue weighted by Crippen LogP contribution is -2.41. The van der Waals surface area contributed by atoms with E-state index in [1.807, 2.05) is 42.6 Å². The highest BCUT2D eigenvalue weighted by atomic mass is 16.4. The molecule has 2 atom stereocenters. The number of aromatic nitrogens is 2. The van der Waals surface area contributed by atoms with Crippen LogP contribution in [0.5, 0.6) is 0 Å². The minimum atomic E-state index is -0.744. The lowest BCUT2D eigenvalue weighted by Gasteiger charge is -2.16. The number of fused-ring (bicyclic) bond motifs is 1. The number of aliphatic hydroxyl groups excluding tert-OH is 1. The van der Waals surface area contributed by atoms with E-state index in [0.717, 1.165) is 17.0 Å². The number of rotatable bonds is 6. The van der Waals surface area contributed by atoms with Gasteiger partial charge in [0.1, 0.15) is 17.5 Å². The Morgan fingerprint density at radius 2 is 2.20 bits per heavy atom. The average molecular weight is 342 g/mol. The van der Waals surface area contributed by atoms with Crippen LogP contribution in [-0.2, 0) is 6.54 Å². The van der Waals surface area contributed by atoms with Crippen LogP contribution in [-0.4, -0.2) is 26.6 Å². The van der Waals surface area contributed by atoms with Crippen molar-refractivity contribution in [3.05, 3.63) is 59.9 Å². The van der Waals surface area contributed by atoms with E-state index < -0.39 is 6.10 Å². The smallest absolute Gasteiger partial charge is 0.315 e. The predicted molar refractivity (Wildman–Crippen MR) is 93.0 cm³/mol. The van der Waals surface area contributed by atoms with Crippen LogP contribution < -0.4 is 10.6 Å². The fourth-order valence-corrected chi connectivity index (χ4v) is 2.72. The molecule has 132 valence electrons. The highest BCUT2D eigenvalue weighted by Gasteiger charge is 2.16. The number of hydrogen-bond donors (Lipinski definition) is 3. The van der Waals surface area contributed by atoms with Gasteiger partial charge in [0.2, 0.25) is 0 Å². The summed E-state index contributed by atoms with van der Waals surface area (Å²) >= 11 is 0. The van der Waals surface area contributed by atoms with Crippen LogP contribution in [0.15, 0.2) is 47.2 Å². The summed E-state index contributed by atoms with van der Waals surface area (Å²) in [4.78, 5) is 16.5. The van der Waals surface area contributed by atoms with E-state index in [2.05, 4.69) is 15.6 Å². The molecule has 0 aliphatic carbocycles. The van der Waals surface area contributed by atoms with Gasteiger partial charge in [-0.2, -0.15) is 0 Å². The molecule has 0 aliphatic heterocycles. The fraction of sp³-hybridized carbons (Fsp3) is 0.333. The second-order valence-corrected chi connectivity index (χ2v) is 6.12. The number of hydrogen-bond acceptors (Lipinski definition) is 4. The lowest BCUT2D eigenvalue weighted by molar-refractivity contribution is 0.129. The van der Waals surface area contributed by atoms with Crippen LogP contribution in [0.1, 0.15) is 36.6 Å².